The molecule has 0 aliphatic heterocycles. The van der Waals surface area contributed by atoms with Crippen molar-refractivity contribution in [1.29, 1.82) is 0 Å². The van der Waals surface area contributed by atoms with E-state index >= 15 is 0 Å². The number of H-pyrrole nitrogens is 1. The molecule has 23 heavy (non-hydrogen) atoms. The third-order valence-corrected chi connectivity index (χ3v) is 2.86. The summed E-state index contributed by atoms with van der Waals surface area (Å²) in [5.41, 5.74) is -1.66. The van der Waals surface area contributed by atoms with Crippen molar-refractivity contribution in [2.45, 2.75) is 6.18 Å². The molecular formula is C16H11F3N2O2. The van der Waals surface area contributed by atoms with Crippen molar-refractivity contribution in [1.82, 2.24) is 10.3 Å². The van der Waals surface area contributed by atoms with Gasteiger partial charge in [-0.15, -0.1) is 0 Å². The predicted octanol–water partition coefficient (Wildman–Crippen LogP) is 2.18. The molecular weight excluding hydrogens is 309 g/mol. The minimum absolute atomic E-state index is 0.0926. The van der Waals surface area contributed by atoms with Crippen molar-refractivity contribution in [3.63, 3.8) is 0 Å². The van der Waals surface area contributed by atoms with Crippen LogP contribution in [0.15, 0.2) is 47.4 Å². The molecule has 118 valence electrons. The summed E-state index contributed by atoms with van der Waals surface area (Å²) in [7, 11) is 0. The van der Waals surface area contributed by atoms with Gasteiger partial charge in [0.1, 0.15) is 5.56 Å². The lowest BCUT2D eigenvalue weighted by Crippen LogP contribution is -2.29. The van der Waals surface area contributed by atoms with Gasteiger partial charge >= 0.3 is 6.18 Å². The van der Waals surface area contributed by atoms with E-state index < -0.39 is 23.2 Å². The van der Waals surface area contributed by atoms with Gasteiger partial charge in [-0.2, -0.15) is 13.2 Å². The number of aromatic nitrogens is 1. The number of alkyl halides is 3. The van der Waals surface area contributed by atoms with Crippen LogP contribution in [0.1, 0.15) is 21.5 Å². The summed E-state index contributed by atoms with van der Waals surface area (Å²) in [5, 5.41) is 2.35. The number of rotatable bonds is 2. The first kappa shape index (κ1) is 16.4. The smallest absolute Gasteiger partial charge is 0.341 e. The second-order valence-electron chi connectivity index (χ2n) is 4.44. The largest absolute Gasteiger partial charge is 0.417 e. The Labute approximate surface area is 129 Å². The van der Waals surface area contributed by atoms with Crippen LogP contribution in [-0.4, -0.2) is 17.4 Å². The molecule has 0 saturated carbocycles. The lowest BCUT2D eigenvalue weighted by Gasteiger charge is -2.08. The fraction of sp³-hybridized carbons (Fsp3) is 0.125. The van der Waals surface area contributed by atoms with E-state index in [4.69, 9.17) is 0 Å². The monoisotopic (exact) mass is 320 g/mol. The Kier molecular flexibility index (Phi) is 4.86. The van der Waals surface area contributed by atoms with E-state index in [1.54, 1.807) is 0 Å². The normalized spacial score (nSPS) is 10.6. The predicted molar refractivity (Wildman–Crippen MR) is 77.7 cm³/mol. The highest BCUT2D eigenvalue weighted by atomic mass is 19.4. The van der Waals surface area contributed by atoms with Crippen LogP contribution in [-0.2, 0) is 6.18 Å². The van der Waals surface area contributed by atoms with E-state index in [2.05, 4.69) is 22.1 Å². The molecule has 0 bridgehead atoms. The first-order valence-electron chi connectivity index (χ1n) is 6.50. The molecule has 1 aromatic carbocycles. The van der Waals surface area contributed by atoms with Gasteiger partial charge in [-0.25, -0.2) is 0 Å². The van der Waals surface area contributed by atoms with Crippen LogP contribution < -0.4 is 10.9 Å². The third-order valence-electron chi connectivity index (χ3n) is 2.86. The highest BCUT2D eigenvalue weighted by Crippen LogP contribution is 2.31. The molecule has 0 radical (unpaired) electrons. The van der Waals surface area contributed by atoms with E-state index in [0.717, 1.165) is 6.07 Å². The third kappa shape index (κ3) is 4.23. The standard InChI is InChI=1S/C16H11F3N2O2/c17-16(18,19)13-8-2-1-5-11(13)6-3-9-20-14(22)12-7-4-10-21-15(12)23/h1-2,4-5,7-8,10H,9H2,(H,20,22)(H,21,23). The van der Waals surface area contributed by atoms with E-state index in [0.29, 0.717) is 0 Å². The molecule has 0 fully saturated rings. The first-order chi connectivity index (χ1) is 10.9. The molecule has 4 nitrogen and oxygen atoms in total. The van der Waals surface area contributed by atoms with Crippen LogP contribution in [0.5, 0.6) is 0 Å². The number of aromatic amines is 1. The SMILES string of the molecule is O=C(NCC#Cc1ccccc1C(F)(F)F)c1ccc[nH]c1=O. The maximum absolute atomic E-state index is 12.8. The van der Waals surface area contributed by atoms with Crippen LogP contribution in [0.25, 0.3) is 0 Å². The zero-order valence-electron chi connectivity index (χ0n) is 11.7. The fourth-order valence-electron chi connectivity index (χ4n) is 1.80. The van der Waals surface area contributed by atoms with Gasteiger partial charge in [0.15, 0.2) is 0 Å². The van der Waals surface area contributed by atoms with Gasteiger partial charge < -0.3 is 10.3 Å². The molecule has 2 aromatic rings. The Bertz CT molecular complexity index is 829. The van der Waals surface area contributed by atoms with Crippen molar-refractivity contribution >= 4 is 5.91 Å². The number of hydrogen-bond donors (Lipinski definition) is 2. The number of benzene rings is 1. The van der Waals surface area contributed by atoms with Crippen LogP contribution in [0.4, 0.5) is 13.2 Å². The van der Waals surface area contributed by atoms with Gasteiger partial charge in [0.2, 0.25) is 0 Å². The highest BCUT2D eigenvalue weighted by Gasteiger charge is 2.32. The average molecular weight is 320 g/mol. The van der Waals surface area contributed by atoms with Crippen molar-refractivity contribution < 1.29 is 18.0 Å². The van der Waals surface area contributed by atoms with Gasteiger partial charge in [0.05, 0.1) is 12.1 Å². The summed E-state index contributed by atoms with van der Waals surface area (Å²) in [6, 6.07) is 7.73. The molecule has 1 aromatic heterocycles. The summed E-state index contributed by atoms with van der Waals surface area (Å²) in [5.74, 6) is 4.16. The highest BCUT2D eigenvalue weighted by molar-refractivity contribution is 5.93. The minimum atomic E-state index is -4.49. The first-order valence-corrected chi connectivity index (χ1v) is 6.50. The number of carbonyl (C=O) groups excluding carboxylic acids is 1. The number of pyridine rings is 1. The van der Waals surface area contributed by atoms with Crippen molar-refractivity contribution in [2.75, 3.05) is 6.54 Å². The number of amides is 1. The van der Waals surface area contributed by atoms with Crippen molar-refractivity contribution in [3.8, 4) is 11.8 Å². The van der Waals surface area contributed by atoms with Gasteiger partial charge in [0, 0.05) is 11.8 Å². The zero-order chi connectivity index (χ0) is 16.9. The molecule has 2 N–H and O–H groups in total. The lowest BCUT2D eigenvalue weighted by molar-refractivity contribution is -0.137. The molecule has 7 heteroatoms. The molecule has 2 rings (SSSR count). The van der Waals surface area contributed by atoms with Gasteiger partial charge in [-0.05, 0) is 24.3 Å². The summed E-state index contributed by atoms with van der Waals surface area (Å²) in [4.78, 5) is 25.5. The molecule has 0 atom stereocenters. The Morgan fingerprint density at radius 3 is 2.61 bits per heavy atom. The molecule has 0 unspecified atom stereocenters. The number of carbonyl (C=O) groups is 1. The second kappa shape index (κ2) is 6.83. The van der Waals surface area contributed by atoms with Crippen LogP contribution in [0.3, 0.4) is 0 Å². The second-order valence-corrected chi connectivity index (χ2v) is 4.44. The van der Waals surface area contributed by atoms with Crippen LogP contribution >= 0.6 is 0 Å². The van der Waals surface area contributed by atoms with E-state index in [9.17, 15) is 22.8 Å². The number of halogens is 3. The Balaban J connectivity index is 2.07. The molecule has 1 heterocycles. The van der Waals surface area contributed by atoms with Gasteiger partial charge in [-0.3, -0.25) is 9.59 Å². The number of hydrogen-bond acceptors (Lipinski definition) is 2. The van der Waals surface area contributed by atoms with E-state index in [1.165, 1.54) is 36.5 Å². The van der Waals surface area contributed by atoms with E-state index in [1.807, 2.05) is 0 Å². The molecule has 0 aliphatic carbocycles. The summed E-state index contributed by atoms with van der Waals surface area (Å²) in [6.07, 6.45) is -3.11. The molecule has 0 spiro atoms. The maximum atomic E-state index is 12.8. The van der Waals surface area contributed by atoms with Gasteiger partial charge in [-0.1, -0.05) is 24.0 Å². The lowest BCUT2D eigenvalue weighted by atomic mass is 10.1. The Hall–Kier alpha value is -3.01. The maximum Gasteiger partial charge on any atom is 0.417 e. The summed E-state index contributed by atoms with van der Waals surface area (Å²) < 4.78 is 38.3. The molecule has 0 saturated heterocycles. The van der Waals surface area contributed by atoms with Crippen molar-refractivity contribution in [2.24, 2.45) is 0 Å². The number of nitrogens with one attached hydrogen (secondary N) is 2. The summed E-state index contributed by atoms with van der Waals surface area (Å²) in [6.45, 7) is -0.181. The van der Waals surface area contributed by atoms with Crippen molar-refractivity contribution in [3.05, 3.63) is 69.6 Å². The average Bonchev–Trinajstić information content (AvgIpc) is 2.51. The minimum Gasteiger partial charge on any atom is -0.341 e. The van der Waals surface area contributed by atoms with Crippen LogP contribution in [0.2, 0.25) is 0 Å². The topological polar surface area (TPSA) is 62.0 Å². The quantitative estimate of drug-likeness (QED) is 0.833. The van der Waals surface area contributed by atoms with Gasteiger partial charge in [0.25, 0.3) is 11.5 Å². The summed E-state index contributed by atoms with van der Waals surface area (Å²) >= 11 is 0. The molecule has 0 aliphatic rings. The van der Waals surface area contributed by atoms with E-state index in [-0.39, 0.29) is 17.7 Å². The Morgan fingerprint density at radius 1 is 1.17 bits per heavy atom. The Morgan fingerprint density at radius 2 is 1.91 bits per heavy atom. The zero-order valence-corrected chi connectivity index (χ0v) is 11.7. The van der Waals surface area contributed by atoms with Crippen LogP contribution in [0, 0.1) is 11.8 Å². The molecule has 1 amide bonds. The fourth-order valence-corrected chi connectivity index (χ4v) is 1.80.